The molecule has 2 heterocycles. The summed E-state index contributed by atoms with van der Waals surface area (Å²) in [5.41, 5.74) is 2.83. The van der Waals surface area contributed by atoms with Gasteiger partial charge in [-0.3, -0.25) is 4.79 Å². The number of aromatic nitrogens is 1. The van der Waals surface area contributed by atoms with Crippen molar-refractivity contribution in [1.29, 1.82) is 0 Å². The van der Waals surface area contributed by atoms with E-state index in [4.69, 9.17) is 0 Å². The molecule has 0 unspecified atom stereocenters. The Labute approximate surface area is 143 Å². The van der Waals surface area contributed by atoms with Gasteiger partial charge in [-0.2, -0.15) is 0 Å². The summed E-state index contributed by atoms with van der Waals surface area (Å²) in [4.78, 5) is 21.4. The van der Waals surface area contributed by atoms with Gasteiger partial charge in [0.25, 0.3) is 5.91 Å². The predicted octanol–water partition coefficient (Wildman–Crippen LogP) is 2.78. The number of anilines is 2. The molecule has 1 N–H and O–H groups in total. The first-order chi connectivity index (χ1) is 11.7. The molecule has 0 radical (unpaired) electrons. The molecule has 3 rings (SSSR count). The van der Waals surface area contributed by atoms with E-state index in [1.807, 2.05) is 49.5 Å². The number of piperazine rings is 1. The third-order valence-electron chi connectivity index (χ3n) is 4.45. The Bertz CT molecular complexity index is 691. The number of carbonyl (C=O) groups is 1. The number of hydrogen-bond acceptors (Lipinski definition) is 4. The standard InChI is InChI=1S/C19H24N4O/c1-3-22-9-11-23(12-10-22)17-7-8-18(20-14-17)21-19(24)16-6-4-5-15(2)13-16/h4-8,13-14H,3,9-12H2,1-2H3,(H,20,21,24). The lowest BCUT2D eigenvalue weighted by atomic mass is 10.1. The molecule has 1 aromatic carbocycles. The smallest absolute Gasteiger partial charge is 0.256 e. The normalized spacial score (nSPS) is 15.3. The summed E-state index contributed by atoms with van der Waals surface area (Å²) in [5, 5.41) is 2.85. The Morgan fingerprint density at radius 1 is 1.17 bits per heavy atom. The monoisotopic (exact) mass is 324 g/mol. The van der Waals surface area contributed by atoms with Crippen molar-refractivity contribution in [2.45, 2.75) is 13.8 Å². The fraction of sp³-hybridized carbons (Fsp3) is 0.368. The van der Waals surface area contributed by atoms with Crippen LogP contribution in [0, 0.1) is 6.92 Å². The van der Waals surface area contributed by atoms with Gasteiger partial charge in [0.2, 0.25) is 0 Å². The summed E-state index contributed by atoms with van der Waals surface area (Å²) in [6.45, 7) is 9.49. The van der Waals surface area contributed by atoms with Crippen LogP contribution in [-0.4, -0.2) is 48.5 Å². The van der Waals surface area contributed by atoms with Crippen molar-refractivity contribution in [1.82, 2.24) is 9.88 Å². The predicted molar refractivity (Wildman–Crippen MR) is 97.7 cm³/mol. The highest BCUT2D eigenvalue weighted by molar-refractivity contribution is 6.03. The van der Waals surface area contributed by atoms with Crippen LogP contribution >= 0.6 is 0 Å². The van der Waals surface area contributed by atoms with E-state index >= 15 is 0 Å². The number of benzene rings is 1. The molecule has 0 saturated carbocycles. The maximum atomic E-state index is 12.3. The lowest BCUT2D eigenvalue weighted by Gasteiger charge is -2.35. The number of nitrogens with one attached hydrogen (secondary N) is 1. The minimum Gasteiger partial charge on any atom is -0.368 e. The van der Waals surface area contributed by atoms with Gasteiger partial charge in [-0.1, -0.05) is 24.6 Å². The second-order valence-electron chi connectivity index (χ2n) is 6.15. The number of rotatable bonds is 4. The minimum absolute atomic E-state index is 0.129. The average Bonchev–Trinajstić information content (AvgIpc) is 2.62. The number of likely N-dealkylation sites (N-methyl/N-ethyl adjacent to an activating group) is 1. The lowest BCUT2D eigenvalue weighted by molar-refractivity contribution is 0.102. The van der Waals surface area contributed by atoms with Crippen LogP contribution in [-0.2, 0) is 0 Å². The van der Waals surface area contributed by atoms with Crippen LogP contribution in [0.15, 0.2) is 42.6 Å². The summed E-state index contributed by atoms with van der Waals surface area (Å²) in [5.74, 6) is 0.452. The van der Waals surface area contributed by atoms with E-state index in [9.17, 15) is 4.79 Å². The van der Waals surface area contributed by atoms with Crippen LogP contribution in [0.2, 0.25) is 0 Å². The van der Waals surface area contributed by atoms with E-state index in [-0.39, 0.29) is 5.91 Å². The van der Waals surface area contributed by atoms with Crippen molar-refractivity contribution in [3.05, 3.63) is 53.7 Å². The van der Waals surface area contributed by atoms with Crippen molar-refractivity contribution in [2.75, 3.05) is 42.9 Å². The number of amides is 1. The summed E-state index contributed by atoms with van der Waals surface area (Å²) >= 11 is 0. The quantitative estimate of drug-likeness (QED) is 0.939. The number of hydrogen-bond donors (Lipinski definition) is 1. The van der Waals surface area contributed by atoms with Gasteiger partial charge in [0.15, 0.2) is 0 Å². The van der Waals surface area contributed by atoms with E-state index in [1.165, 1.54) is 0 Å². The highest BCUT2D eigenvalue weighted by Gasteiger charge is 2.16. The summed E-state index contributed by atoms with van der Waals surface area (Å²) in [6, 6.07) is 11.4. The Kier molecular flexibility index (Phi) is 5.11. The number of nitrogens with zero attached hydrogens (tertiary/aromatic N) is 3. The second kappa shape index (κ2) is 7.45. The van der Waals surface area contributed by atoms with Gasteiger partial charge in [-0.25, -0.2) is 4.98 Å². The summed E-state index contributed by atoms with van der Waals surface area (Å²) in [6.07, 6.45) is 1.84. The topological polar surface area (TPSA) is 48.5 Å². The molecule has 2 aromatic rings. The van der Waals surface area contributed by atoms with Crippen LogP contribution in [0.25, 0.3) is 0 Å². The van der Waals surface area contributed by atoms with Gasteiger partial charge in [0.05, 0.1) is 11.9 Å². The summed E-state index contributed by atoms with van der Waals surface area (Å²) in [7, 11) is 0. The SMILES string of the molecule is CCN1CCN(c2ccc(NC(=O)c3cccc(C)c3)nc2)CC1. The zero-order chi connectivity index (χ0) is 16.9. The van der Waals surface area contributed by atoms with Crippen molar-refractivity contribution in [2.24, 2.45) is 0 Å². The van der Waals surface area contributed by atoms with Gasteiger partial charge >= 0.3 is 0 Å². The largest absolute Gasteiger partial charge is 0.368 e. The highest BCUT2D eigenvalue weighted by Crippen LogP contribution is 2.17. The van der Waals surface area contributed by atoms with Crippen LogP contribution in [0.5, 0.6) is 0 Å². The molecule has 1 aliphatic rings. The van der Waals surface area contributed by atoms with Crippen LogP contribution in [0.4, 0.5) is 11.5 Å². The number of aryl methyl sites for hydroxylation is 1. The maximum absolute atomic E-state index is 12.3. The van der Waals surface area contributed by atoms with Gasteiger partial charge in [-0.15, -0.1) is 0 Å². The van der Waals surface area contributed by atoms with E-state index in [0.29, 0.717) is 11.4 Å². The second-order valence-corrected chi connectivity index (χ2v) is 6.15. The molecule has 1 fully saturated rings. The lowest BCUT2D eigenvalue weighted by Crippen LogP contribution is -2.46. The molecule has 5 nitrogen and oxygen atoms in total. The molecule has 126 valence electrons. The zero-order valence-electron chi connectivity index (χ0n) is 14.3. The minimum atomic E-state index is -0.129. The van der Waals surface area contributed by atoms with Gasteiger partial charge < -0.3 is 15.1 Å². The molecule has 1 amide bonds. The van der Waals surface area contributed by atoms with Crippen LogP contribution in [0.3, 0.4) is 0 Å². The zero-order valence-corrected chi connectivity index (χ0v) is 14.3. The fourth-order valence-electron chi connectivity index (χ4n) is 2.94. The van der Waals surface area contributed by atoms with E-state index in [2.05, 4.69) is 27.0 Å². The van der Waals surface area contributed by atoms with E-state index in [0.717, 1.165) is 44.0 Å². The van der Waals surface area contributed by atoms with Crippen molar-refractivity contribution < 1.29 is 4.79 Å². The Morgan fingerprint density at radius 2 is 1.96 bits per heavy atom. The van der Waals surface area contributed by atoms with Crippen molar-refractivity contribution in [3.63, 3.8) is 0 Å². The molecular weight excluding hydrogens is 300 g/mol. The molecule has 0 aliphatic carbocycles. The molecular formula is C19H24N4O. The molecule has 5 heteroatoms. The van der Waals surface area contributed by atoms with Crippen molar-refractivity contribution >= 4 is 17.4 Å². The first-order valence-corrected chi connectivity index (χ1v) is 8.47. The van der Waals surface area contributed by atoms with Crippen LogP contribution in [0.1, 0.15) is 22.8 Å². The van der Waals surface area contributed by atoms with Crippen LogP contribution < -0.4 is 10.2 Å². The Morgan fingerprint density at radius 3 is 2.58 bits per heavy atom. The van der Waals surface area contributed by atoms with Gasteiger partial charge in [-0.05, 0) is 37.7 Å². The van der Waals surface area contributed by atoms with Gasteiger partial charge in [0, 0.05) is 31.7 Å². The Balaban J connectivity index is 1.61. The maximum Gasteiger partial charge on any atom is 0.256 e. The third-order valence-corrected chi connectivity index (χ3v) is 4.45. The molecule has 0 atom stereocenters. The summed E-state index contributed by atoms with van der Waals surface area (Å²) < 4.78 is 0. The van der Waals surface area contributed by atoms with Gasteiger partial charge in [0.1, 0.15) is 5.82 Å². The fourth-order valence-corrected chi connectivity index (χ4v) is 2.94. The Hall–Kier alpha value is -2.40. The first-order valence-electron chi connectivity index (χ1n) is 8.47. The molecule has 1 saturated heterocycles. The third kappa shape index (κ3) is 3.92. The first kappa shape index (κ1) is 16.5. The molecule has 0 bridgehead atoms. The number of pyridine rings is 1. The van der Waals surface area contributed by atoms with E-state index in [1.54, 1.807) is 0 Å². The molecule has 1 aliphatic heterocycles. The highest BCUT2D eigenvalue weighted by atomic mass is 16.1. The van der Waals surface area contributed by atoms with E-state index < -0.39 is 0 Å². The molecule has 1 aromatic heterocycles. The number of carbonyl (C=O) groups excluding carboxylic acids is 1. The average molecular weight is 324 g/mol. The molecule has 0 spiro atoms. The van der Waals surface area contributed by atoms with Crippen molar-refractivity contribution in [3.8, 4) is 0 Å². The molecule has 24 heavy (non-hydrogen) atoms.